The first-order valence-corrected chi connectivity index (χ1v) is 3.24. The largest absolute Gasteiger partial charge is 0.496 e. The molecule has 10 heavy (non-hydrogen) atoms. The fraction of sp³-hybridized carbons (Fsp3) is 0.429. The first kappa shape index (κ1) is 9.53. The molecule has 0 spiro atoms. The highest BCUT2D eigenvalue weighted by Crippen LogP contribution is 2.13. The molecule has 0 saturated carbocycles. The van der Waals surface area contributed by atoms with E-state index in [1.54, 1.807) is 6.92 Å². The van der Waals surface area contributed by atoms with Crippen molar-refractivity contribution in [2.75, 3.05) is 7.11 Å². The molecule has 0 radical (unpaired) electrons. The summed E-state index contributed by atoms with van der Waals surface area (Å²) in [5.41, 5.74) is 0. The number of aliphatic hydroxyl groups is 1. The summed E-state index contributed by atoms with van der Waals surface area (Å²) in [7, 11) is 1.47. The Balaban J connectivity index is 4.05. The molecule has 0 rings (SSSR count). The highest BCUT2D eigenvalue weighted by Gasteiger charge is 1.98. The number of ether oxygens (including phenoxy) is 1. The summed E-state index contributed by atoms with van der Waals surface area (Å²) >= 11 is 5.60. The van der Waals surface area contributed by atoms with Crippen LogP contribution in [0.5, 0.6) is 0 Å². The number of hydrogen-bond acceptors (Lipinski definition) is 2. The van der Waals surface area contributed by atoms with Gasteiger partial charge in [-0.1, -0.05) is 18.2 Å². The van der Waals surface area contributed by atoms with E-state index in [-0.39, 0.29) is 0 Å². The van der Waals surface area contributed by atoms with Crippen LogP contribution in [0.4, 0.5) is 0 Å². The van der Waals surface area contributed by atoms with E-state index in [1.165, 1.54) is 13.2 Å². The second-order valence-electron chi connectivity index (χ2n) is 1.88. The standard InChI is InChI=1S/C7H11ClO2/c1-5(9)4-7(8)6(2)10-3/h4-5,9H,2H2,1,3H3/b7-4+. The van der Waals surface area contributed by atoms with Crippen LogP contribution in [0.2, 0.25) is 0 Å². The van der Waals surface area contributed by atoms with Crippen LogP contribution in [0.3, 0.4) is 0 Å². The zero-order chi connectivity index (χ0) is 8.15. The molecule has 2 nitrogen and oxygen atoms in total. The fourth-order valence-electron chi connectivity index (χ4n) is 0.402. The minimum absolute atomic E-state index is 0.345. The number of allylic oxidation sites excluding steroid dienone is 1. The molecule has 1 atom stereocenters. The van der Waals surface area contributed by atoms with E-state index in [9.17, 15) is 0 Å². The number of hydrogen-bond donors (Lipinski definition) is 1. The highest BCUT2D eigenvalue weighted by molar-refractivity contribution is 6.31. The summed E-state index contributed by atoms with van der Waals surface area (Å²) < 4.78 is 4.71. The van der Waals surface area contributed by atoms with E-state index in [1.807, 2.05) is 0 Å². The molecule has 0 saturated heterocycles. The normalized spacial score (nSPS) is 14.6. The number of aliphatic hydroxyl groups excluding tert-OH is 1. The van der Waals surface area contributed by atoms with Gasteiger partial charge < -0.3 is 9.84 Å². The zero-order valence-electron chi connectivity index (χ0n) is 6.10. The molecule has 1 N–H and O–H groups in total. The number of methoxy groups -OCH3 is 1. The molecule has 0 aliphatic rings. The monoisotopic (exact) mass is 162 g/mol. The van der Waals surface area contributed by atoms with Gasteiger partial charge in [0.2, 0.25) is 0 Å². The SMILES string of the molecule is C=C(OC)/C(Cl)=C\C(C)O. The maximum absolute atomic E-state index is 8.81. The number of rotatable bonds is 3. The van der Waals surface area contributed by atoms with Crippen molar-refractivity contribution in [3.8, 4) is 0 Å². The summed E-state index contributed by atoms with van der Waals surface area (Å²) in [6.45, 7) is 5.10. The quantitative estimate of drug-likeness (QED) is 0.505. The van der Waals surface area contributed by atoms with Crippen molar-refractivity contribution in [2.24, 2.45) is 0 Å². The third kappa shape index (κ3) is 3.54. The Morgan fingerprint density at radius 3 is 2.60 bits per heavy atom. The molecule has 0 aliphatic carbocycles. The van der Waals surface area contributed by atoms with Crippen LogP contribution in [0, 0.1) is 0 Å². The first-order chi connectivity index (χ1) is 4.57. The Bertz CT molecular complexity index is 150. The molecule has 0 heterocycles. The average Bonchev–Trinajstić information content (AvgIpc) is 1.85. The molecule has 0 fully saturated rings. The van der Waals surface area contributed by atoms with Crippen LogP contribution < -0.4 is 0 Å². The lowest BCUT2D eigenvalue weighted by Crippen LogP contribution is -1.95. The van der Waals surface area contributed by atoms with Crippen LogP contribution in [-0.4, -0.2) is 18.3 Å². The number of halogens is 1. The van der Waals surface area contributed by atoms with Gasteiger partial charge in [0.25, 0.3) is 0 Å². The maximum Gasteiger partial charge on any atom is 0.130 e. The molecule has 0 aromatic rings. The molecule has 0 aromatic carbocycles. The lowest BCUT2D eigenvalue weighted by molar-refractivity contribution is 0.242. The van der Waals surface area contributed by atoms with E-state index in [2.05, 4.69) is 6.58 Å². The van der Waals surface area contributed by atoms with Gasteiger partial charge in [0.15, 0.2) is 0 Å². The summed E-state index contributed by atoms with van der Waals surface area (Å²) in [6.07, 6.45) is 0.882. The van der Waals surface area contributed by atoms with E-state index < -0.39 is 6.10 Å². The van der Waals surface area contributed by atoms with Crippen molar-refractivity contribution < 1.29 is 9.84 Å². The van der Waals surface area contributed by atoms with Gasteiger partial charge in [-0.2, -0.15) is 0 Å². The third-order valence-electron chi connectivity index (χ3n) is 0.900. The molecule has 3 heteroatoms. The van der Waals surface area contributed by atoms with E-state index in [0.717, 1.165) is 0 Å². The molecule has 58 valence electrons. The Hall–Kier alpha value is -0.470. The second kappa shape index (κ2) is 4.36. The molecule has 0 amide bonds. The van der Waals surface area contributed by atoms with Gasteiger partial charge in [0.05, 0.1) is 18.2 Å². The molecule has 0 bridgehead atoms. The average molecular weight is 163 g/mol. The van der Waals surface area contributed by atoms with Gasteiger partial charge in [0.1, 0.15) is 5.76 Å². The van der Waals surface area contributed by atoms with E-state index in [0.29, 0.717) is 10.8 Å². The lowest BCUT2D eigenvalue weighted by Gasteiger charge is -2.02. The highest BCUT2D eigenvalue weighted by atomic mass is 35.5. The summed E-state index contributed by atoms with van der Waals surface area (Å²) in [6, 6.07) is 0. The lowest BCUT2D eigenvalue weighted by atomic mass is 10.3. The third-order valence-corrected chi connectivity index (χ3v) is 1.24. The van der Waals surface area contributed by atoms with Crippen LogP contribution in [0.1, 0.15) is 6.92 Å². The topological polar surface area (TPSA) is 29.5 Å². The Morgan fingerprint density at radius 2 is 2.30 bits per heavy atom. The van der Waals surface area contributed by atoms with E-state index >= 15 is 0 Å². The van der Waals surface area contributed by atoms with Crippen molar-refractivity contribution >= 4 is 11.6 Å². The maximum atomic E-state index is 8.81. The Kier molecular flexibility index (Phi) is 4.16. The Morgan fingerprint density at radius 1 is 1.80 bits per heavy atom. The zero-order valence-corrected chi connectivity index (χ0v) is 6.85. The predicted octanol–water partition coefficient (Wildman–Crippen LogP) is 1.65. The van der Waals surface area contributed by atoms with Crippen molar-refractivity contribution in [1.82, 2.24) is 0 Å². The van der Waals surface area contributed by atoms with Gasteiger partial charge in [-0.3, -0.25) is 0 Å². The fourth-order valence-corrected chi connectivity index (χ4v) is 0.662. The molecule has 1 unspecified atom stereocenters. The second-order valence-corrected chi connectivity index (χ2v) is 2.29. The van der Waals surface area contributed by atoms with Crippen molar-refractivity contribution in [3.05, 3.63) is 23.4 Å². The Labute approximate surface area is 65.8 Å². The minimum Gasteiger partial charge on any atom is -0.496 e. The molecule has 0 aliphatic heterocycles. The first-order valence-electron chi connectivity index (χ1n) is 2.86. The van der Waals surface area contributed by atoms with Crippen LogP contribution in [0.15, 0.2) is 23.4 Å². The van der Waals surface area contributed by atoms with Crippen molar-refractivity contribution in [1.29, 1.82) is 0 Å². The van der Waals surface area contributed by atoms with Gasteiger partial charge in [-0.25, -0.2) is 0 Å². The van der Waals surface area contributed by atoms with Crippen LogP contribution in [-0.2, 0) is 4.74 Å². The minimum atomic E-state index is -0.570. The van der Waals surface area contributed by atoms with E-state index in [4.69, 9.17) is 21.4 Å². The predicted molar refractivity (Wildman–Crippen MR) is 41.8 cm³/mol. The van der Waals surface area contributed by atoms with Gasteiger partial charge >= 0.3 is 0 Å². The molecular weight excluding hydrogens is 152 g/mol. The van der Waals surface area contributed by atoms with Crippen molar-refractivity contribution in [2.45, 2.75) is 13.0 Å². The van der Waals surface area contributed by atoms with Crippen molar-refractivity contribution in [3.63, 3.8) is 0 Å². The van der Waals surface area contributed by atoms with Gasteiger partial charge in [0, 0.05) is 0 Å². The summed E-state index contributed by atoms with van der Waals surface area (Å²) in [5, 5.41) is 9.15. The summed E-state index contributed by atoms with van der Waals surface area (Å²) in [4.78, 5) is 0. The van der Waals surface area contributed by atoms with Crippen LogP contribution >= 0.6 is 11.6 Å². The molecular formula is C7H11ClO2. The van der Waals surface area contributed by atoms with Gasteiger partial charge in [-0.05, 0) is 13.0 Å². The summed E-state index contributed by atoms with van der Waals surface area (Å²) in [5.74, 6) is 0.363. The van der Waals surface area contributed by atoms with Crippen LogP contribution in [0.25, 0.3) is 0 Å². The smallest absolute Gasteiger partial charge is 0.130 e. The molecule has 0 aromatic heterocycles. The van der Waals surface area contributed by atoms with Gasteiger partial charge in [-0.15, -0.1) is 0 Å².